The van der Waals surface area contributed by atoms with Crippen LogP contribution in [0.3, 0.4) is 0 Å². The predicted molar refractivity (Wildman–Crippen MR) is 124 cm³/mol. The molecule has 0 amide bonds. The van der Waals surface area contributed by atoms with Gasteiger partial charge in [0.25, 0.3) is 0 Å². The van der Waals surface area contributed by atoms with E-state index >= 15 is 0 Å². The van der Waals surface area contributed by atoms with Crippen molar-refractivity contribution >= 4 is 22.1 Å². The van der Waals surface area contributed by atoms with Crippen molar-refractivity contribution in [3.8, 4) is 12.1 Å². The molecule has 8 heteroatoms. The molecule has 33 heavy (non-hydrogen) atoms. The highest BCUT2D eigenvalue weighted by Gasteiger charge is 2.27. The summed E-state index contributed by atoms with van der Waals surface area (Å²) in [6, 6.07) is 13.6. The van der Waals surface area contributed by atoms with Gasteiger partial charge in [-0.05, 0) is 55.4 Å². The van der Waals surface area contributed by atoms with E-state index in [0.717, 1.165) is 53.6 Å². The molecule has 1 aliphatic carbocycles. The molecule has 166 valence electrons. The fraction of sp³-hybridized carbons (Fsp3) is 0.360. The molecule has 0 radical (unpaired) electrons. The highest BCUT2D eigenvalue weighted by Crippen LogP contribution is 2.38. The van der Waals surface area contributed by atoms with Crippen LogP contribution in [0.2, 0.25) is 0 Å². The zero-order chi connectivity index (χ0) is 22.8. The van der Waals surface area contributed by atoms with E-state index in [2.05, 4.69) is 32.0 Å². The van der Waals surface area contributed by atoms with E-state index in [0.29, 0.717) is 30.0 Å². The van der Waals surface area contributed by atoms with Gasteiger partial charge in [-0.25, -0.2) is 9.97 Å². The van der Waals surface area contributed by atoms with E-state index in [1.807, 2.05) is 12.3 Å². The maximum absolute atomic E-state index is 10.7. The topological polar surface area (TPSA) is 126 Å². The Bertz CT molecular complexity index is 1350. The zero-order valence-corrected chi connectivity index (χ0v) is 18.2. The standard InChI is InChI=1S/C25H25N7O/c26-11-9-16-3-7-19(8-4-16)32-22(15-30-25(33)18-5-1-17(13-27)2-6-18)31-21-14-29-24-20(23(21)32)10-12-28-24/h1-2,5-6,10,12,14,16,19,25,30,33H,3-4,7-9,15H2,(H,28,29)/t16-,19-,25?. The number of H-pyrrole nitrogens is 1. The lowest BCUT2D eigenvalue weighted by atomic mass is 9.84. The van der Waals surface area contributed by atoms with Crippen molar-refractivity contribution in [1.82, 2.24) is 24.8 Å². The Balaban J connectivity index is 1.45. The van der Waals surface area contributed by atoms with Gasteiger partial charge in [-0.2, -0.15) is 10.5 Å². The SMILES string of the molecule is N#CC[C@H]1CC[C@H](n2c(CNC(O)c3ccc(C#N)cc3)nc3cnc4[nH]ccc4c32)CC1. The smallest absolute Gasteiger partial charge is 0.139 e. The second kappa shape index (κ2) is 9.03. The first kappa shape index (κ1) is 21.1. The molecule has 0 bridgehead atoms. The molecule has 0 saturated heterocycles. The molecule has 1 fully saturated rings. The molecular weight excluding hydrogens is 414 g/mol. The summed E-state index contributed by atoms with van der Waals surface area (Å²) < 4.78 is 2.31. The third-order valence-corrected chi connectivity index (χ3v) is 6.68. The average molecular weight is 440 g/mol. The number of hydrogen-bond acceptors (Lipinski definition) is 6. The Morgan fingerprint density at radius 2 is 1.94 bits per heavy atom. The van der Waals surface area contributed by atoms with Crippen molar-refractivity contribution in [3.05, 3.63) is 59.7 Å². The number of hydrogen-bond donors (Lipinski definition) is 3. The van der Waals surface area contributed by atoms with Crippen LogP contribution in [-0.4, -0.2) is 24.6 Å². The number of fused-ring (bicyclic) bond motifs is 3. The summed E-state index contributed by atoms with van der Waals surface area (Å²) >= 11 is 0. The van der Waals surface area contributed by atoms with Gasteiger partial charge in [-0.15, -0.1) is 0 Å². The lowest BCUT2D eigenvalue weighted by Gasteiger charge is -2.30. The summed E-state index contributed by atoms with van der Waals surface area (Å²) in [7, 11) is 0. The molecule has 1 atom stereocenters. The minimum atomic E-state index is -0.872. The number of aliphatic hydroxyl groups is 1. The van der Waals surface area contributed by atoms with Crippen LogP contribution in [0.15, 0.2) is 42.7 Å². The summed E-state index contributed by atoms with van der Waals surface area (Å²) in [5, 5.41) is 33.0. The molecule has 0 spiro atoms. The van der Waals surface area contributed by atoms with E-state index in [-0.39, 0.29) is 6.04 Å². The lowest BCUT2D eigenvalue weighted by Crippen LogP contribution is -2.25. The highest BCUT2D eigenvalue weighted by molar-refractivity contribution is 6.01. The number of imidazole rings is 1. The van der Waals surface area contributed by atoms with Gasteiger partial charge >= 0.3 is 0 Å². The number of rotatable bonds is 6. The quantitative estimate of drug-likeness (QED) is 0.386. The third-order valence-electron chi connectivity index (χ3n) is 6.68. The second-order valence-corrected chi connectivity index (χ2v) is 8.68. The van der Waals surface area contributed by atoms with Crippen LogP contribution in [0.25, 0.3) is 22.1 Å². The highest BCUT2D eigenvalue weighted by atomic mass is 16.3. The Labute approximate surface area is 191 Å². The number of pyridine rings is 1. The summed E-state index contributed by atoms with van der Waals surface area (Å²) in [5.74, 6) is 1.33. The van der Waals surface area contributed by atoms with Gasteiger partial charge in [-0.3, -0.25) is 5.32 Å². The zero-order valence-electron chi connectivity index (χ0n) is 18.2. The summed E-state index contributed by atoms with van der Waals surface area (Å²) in [5.41, 5.74) is 3.99. The first-order valence-corrected chi connectivity index (χ1v) is 11.3. The van der Waals surface area contributed by atoms with Crippen molar-refractivity contribution in [3.63, 3.8) is 0 Å². The van der Waals surface area contributed by atoms with E-state index in [1.54, 1.807) is 30.5 Å². The van der Waals surface area contributed by atoms with Gasteiger partial charge in [0.05, 0.1) is 36.0 Å². The van der Waals surface area contributed by atoms with Gasteiger partial charge < -0.3 is 14.7 Å². The molecule has 1 aromatic carbocycles. The van der Waals surface area contributed by atoms with Crippen LogP contribution in [0.1, 0.15) is 61.3 Å². The normalized spacial score (nSPS) is 19.4. The number of aliphatic hydroxyl groups excluding tert-OH is 1. The molecule has 1 aliphatic rings. The van der Waals surface area contributed by atoms with Crippen molar-refractivity contribution in [2.45, 2.75) is 50.9 Å². The Morgan fingerprint density at radius 3 is 2.67 bits per heavy atom. The summed E-state index contributed by atoms with van der Waals surface area (Å²) in [6.45, 7) is 0.389. The van der Waals surface area contributed by atoms with Crippen LogP contribution in [0.4, 0.5) is 0 Å². The number of nitriles is 2. The van der Waals surface area contributed by atoms with Gasteiger partial charge in [0.2, 0.25) is 0 Å². The molecule has 3 heterocycles. The molecule has 4 aromatic rings. The Kier molecular flexibility index (Phi) is 5.78. The first-order valence-electron chi connectivity index (χ1n) is 11.3. The fourth-order valence-electron chi connectivity index (χ4n) is 4.94. The lowest BCUT2D eigenvalue weighted by molar-refractivity contribution is 0.135. The van der Waals surface area contributed by atoms with Gasteiger partial charge in [0.15, 0.2) is 0 Å². The minimum absolute atomic E-state index is 0.286. The van der Waals surface area contributed by atoms with Gasteiger partial charge in [0.1, 0.15) is 23.2 Å². The van der Waals surface area contributed by atoms with Crippen LogP contribution in [-0.2, 0) is 6.54 Å². The Morgan fingerprint density at radius 1 is 1.15 bits per heavy atom. The van der Waals surface area contributed by atoms with Crippen molar-refractivity contribution in [2.75, 3.05) is 0 Å². The fourth-order valence-corrected chi connectivity index (χ4v) is 4.94. The molecule has 5 rings (SSSR count). The monoisotopic (exact) mass is 439 g/mol. The molecule has 1 saturated carbocycles. The van der Waals surface area contributed by atoms with Crippen molar-refractivity contribution in [1.29, 1.82) is 10.5 Å². The van der Waals surface area contributed by atoms with Crippen LogP contribution < -0.4 is 5.32 Å². The Hall–Kier alpha value is -3.72. The number of aromatic amines is 1. The van der Waals surface area contributed by atoms with Gasteiger partial charge in [-0.1, -0.05) is 12.1 Å². The summed E-state index contributed by atoms with van der Waals surface area (Å²) in [6.07, 6.45) is 7.49. The third kappa shape index (κ3) is 4.07. The van der Waals surface area contributed by atoms with Crippen LogP contribution in [0.5, 0.6) is 0 Å². The van der Waals surface area contributed by atoms with Crippen molar-refractivity contribution in [2.24, 2.45) is 5.92 Å². The van der Waals surface area contributed by atoms with Crippen LogP contribution in [0, 0.1) is 28.6 Å². The van der Waals surface area contributed by atoms with E-state index in [9.17, 15) is 5.11 Å². The maximum atomic E-state index is 10.7. The van der Waals surface area contributed by atoms with E-state index < -0.39 is 6.23 Å². The second-order valence-electron chi connectivity index (χ2n) is 8.68. The number of nitrogens with one attached hydrogen (secondary N) is 2. The number of nitrogens with zero attached hydrogens (tertiary/aromatic N) is 5. The first-order chi connectivity index (χ1) is 16.2. The number of benzene rings is 1. The number of aromatic nitrogens is 4. The predicted octanol–water partition coefficient (Wildman–Crippen LogP) is 4.21. The molecule has 3 N–H and O–H groups in total. The molecular formula is C25H25N7O. The average Bonchev–Trinajstić information content (AvgIpc) is 3.47. The van der Waals surface area contributed by atoms with Crippen molar-refractivity contribution < 1.29 is 5.11 Å². The molecule has 1 unspecified atom stereocenters. The van der Waals surface area contributed by atoms with Crippen LogP contribution >= 0.6 is 0 Å². The summed E-state index contributed by atoms with van der Waals surface area (Å²) in [4.78, 5) is 12.6. The maximum Gasteiger partial charge on any atom is 0.139 e. The molecule has 0 aliphatic heterocycles. The molecule has 3 aromatic heterocycles. The largest absolute Gasteiger partial charge is 0.374 e. The van der Waals surface area contributed by atoms with E-state index in [1.165, 1.54) is 0 Å². The molecule has 8 nitrogen and oxygen atoms in total. The van der Waals surface area contributed by atoms with Gasteiger partial charge in [0, 0.05) is 24.0 Å². The van der Waals surface area contributed by atoms with E-state index in [4.69, 9.17) is 15.5 Å². The minimum Gasteiger partial charge on any atom is -0.374 e.